The second-order valence-corrected chi connectivity index (χ2v) is 6.56. The van der Waals surface area contributed by atoms with Crippen LogP contribution in [0.15, 0.2) is 48.7 Å². The van der Waals surface area contributed by atoms with Gasteiger partial charge in [0, 0.05) is 11.8 Å². The number of rotatable bonds is 4. The molecule has 0 fully saturated rings. The molecule has 0 aliphatic carbocycles. The highest BCUT2D eigenvalue weighted by Crippen LogP contribution is 2.32. The molecule has 5 heteroatoms. The Balaban J connectivity index is 1.78. The largest absolute Gasteiger partial charge is 0.497 e. The van der Waals surface area contributed by atoms with Crippen molar-refractivity contribution < 1.29 is 9.53 Å². The van der Waals surface area contributed by atoms with Crippen LogP contribution in [0.25, 0.3) is 10.4 Å². The summed E-state index contributed by atoms with van der Waals surface area (Å²) >= 11 is 1.47. The zero-order valence-corrected chi connectivity index (χ0v) is 14.6. The molecular formula is C19H18N2O2S. The van der Waals surface area contributed by atoms with Gasteiger partial charge >= 0.3 is 0 Å². The Morgan fingerprint density at radius 2 is 1.88 bits per heavy atom. The van der Waals surface area contributed by atoms with E-state index in [4.69, 9.17) is 4.74 Å². The number of thiazole rings is 1. The summed E-state index contributed by atoms with van der Waals surface area (Å²) in [5, 5.41) is 3.44. The van der Waals surface area contributed by atoms with Crippen LogP contribution in [0.3, 0.4) is 0 Å². The fraction of sp³-hybridized carbons (Fsp3) is 0.158. The second-order valence-electron chi connectivity index (χ2n) is 5.53. The Morgan fingerprint density at radius 1 is 1.12 bits per heavy atom. The lowest BCUT2D eigenvalue weighted by atomic mass is 10.1. The summed E-state index contributed by atoms with van der Waals surface area (Å²) in [5.41, 5.74) is 4.11. The van der Waals surface area contributed by atoms with Crippen LogP contribution in [-0.2, 0) is 0 Å². The van der Waals surface area contributed by atoms with Gasteiger partial charge in [-0.2, -0.15) is 0 Å². The first-order valence-electron chi connectivity index (χ1n) is 7.55. The molecule has 0 unspecified atom stereocenters. The molecule has 0 saturated carbocycles. The van der Waals surface area contributed by atoms with Crippen molar-refractivity contribution in [1.29, 1.82) is 0 Å². The summed E-state index contributed by atoms with van der Waals surface area (Å²) < 4.78 is 5.10. The molecule has 0 saturated heterocycles. The maximum Gasteiger partial charge on any atom is 0.257 e. The van der Waals surface area contributed by atoms with Crippen molar-refractivity contribution in [3.05, 3.63) is 65.4 Å². The van der Waals surface area contributed by atoms with E-state index in [2.05, 4.69) is 42.3 Å². The smallest absolute Gasteiger partial charge is 0.257 e. The van der Waals surface area contributed by atoms with Gasteiger partial charge in [-0.05, 0) is 49.2 Å². The van der Waals surface area contributed by atoms with Gasteiger partial charge in [-0.1, -0.05) is 35.1 Å². The molecule has 4 nitrogen and oxygen atoms in total. The Kier molecular flexibility index (Phi) is 4.62. The number of hydrogen-bond acceptors (Lipinski definition) is 4. The van der Waals surface area contributed by atoms with Crippen LogP contribution < -0.4 is 10.1 Å². The first kappa shape index (κ1) is 16.2. The maximum atomic E-state index is 12.3. The molecule has 0 radical (unpaired) electrons. The van der Waals surface area contributed by atoms with Crippen LogP contribution in [0.4, 0.5) is 5.13 Å². The lowest BCUT2D eigenvalue weighted by Gasteiger charge is -2.04. The van der Waals surface area contributed by atoms with Crippen LogP contribution in [0.1, 0.15) is 21.5 Å². The van der Waals surface area contributed by atoms with E-state index in [0.29, 0.717) is 10.7 Å². The Labute approximate surface area is 145 Å². The minimum atomic E-state index is -0.181. The van der Waals surface area contributed by atoms with Gasteiger partial charge in [-0.3, -0.25) is 10.1 Å². The molecule has 1 heterocycles. The predicted octanol–water partition coefficient (Wildman–Crippen LogP) is 4.69. The molecule has 0 spiro atoms. The zero-order valence-electron chi connectivity index (χ0n) is 13.8. The quantitative estimate of drug-likeness (QED) is 0.751. The Hall–Kier alpha value is -2.66. The molecule has 1 aromatic heterocycles. The van der Waals surface area contributed by atoms with E-state index in [1.54, 1.807) is 37.6 Å². The molecule has 3 rings (SSSR count). The van der Waals surface area contributed by atoms with E-state index in [1.165, 1.54) is 22.5 Å². The fourth-order valence-corrected chi connectivity index (χ4v) is 3.26. The van der Waals surface area contributed by atoms with E-state index < -0.39 is 0 Å². The number of ether oxygens (including phenoxy) is 1. The van der Waals surface area contributed by atoms with Gasteiger partial charge in [0.05, 0.1) is 12.0 Å². The van der Waals surface area contributed by atoms with E-state index in [1.807, 2.05) is 0 Å². The second kappa shape index (κ2) is 6.84. The van der Waals surface area contributed by atoms with Crippen LogP contribution in [0.2, 0.25) is 0 Å². The Bertz CT molecular complexity index is 869. The van der Waals surface area contributed by atoms with Gasteiger partial charge in [0.2, 0.25) is 0 Å². The van der Waals surface area contributed by atoms with E-state index in [-0.39, 0.29) is 5.91 Å². The van der Waals surface area contributed by atoms with E-state index in [9.17, 15) is 4.79 Å². The van der Waals surface area contributed by atoms with E-state index in [0.717, 1.165) is 16.2 Å². The molecule has 3 aromatic rings. The normalized spacial score (nSPS) is 10.5. The maximum absolute atomic E-state index is 12.3. The first-order valence-corrected chi connectivity index (χ1v) is 8.37. The van der Waals surface area contributed by atoms with Crippen molar-refractivity contribution in [2.24, 2.45) is 0 Å². The molecule has 0 aliphatic rings. The fourth-order valence-electron chi connectivity index (χ4n) is 2.37. The predicted molar refractivity (Wildman–Crippen MR) is 98.0 cm³/mol. The third kappa shape index (κ3) is 3.46. The number of methoxy groups -OCH3 is 1. The number of nitrogens with zero attached hydrogens (tertiary/aromatic N) is 1. The van der Waals surface area contributed by atoms with Crippen LogP contribution in [0.5, 0.6) is 5.75 Å². The molecule has 24 heavy (non-hydrogen) atoms. The zero-order chi connectivity index (χ0) is 17.1. The number of carbonyl (C=O) groups is 1. The molecule has 0 bridgehead atoms. The van der Waals surface area contributed by atoms with Crippen molar-refractivity contribution >= 4 is 22.4 Å². The van der Waals surface area contributed by atoms with Gasteiger partial charge in [-0.15, -0.1) is 0 Å². The summed E-state index contributed by atoms with van der Waals surface area (Å²) in [4.78, 5) is 17.7. The van der Waals surface area contributed by atoms with Crippen molar-refractivity contribution in [1.82, 2.24) is 4.98 Å². The number of aryl methyl sites for hydroxylation is 2. The standard InChI is InChI=1S/C19H18N2O2S/c1-12-4-5-13(2)16(10-12)17-11-20-19(24-17)21-18(22)14-6-8-15(23-3)9-7-14/h4-11H,1-3H3,(H,20,21,22). The van der Waals surface area contributed by atoms with Crippen LogP contribution in [0, 0.1) is 13.8 Å². The minimum Gasteiger partial charge on any atom is -0.497 e. The lowest BCUT2D eigenvalue weighted by Crippen LogP contribution is -2.11. The highest BCUT2D eigenvalue weighted by molar-refractivity contribution is 7.19. The number of hydrogen-bond donors (Lipinski definition) is 1. The third-order valence-electron chi connectivity index (χ3n) is 3.74. The Morgan fingerprint density at radius 3 is 2.58 bits per heavy atom. The molecule has 2 aromatic carbocycles. The van der Waals surface area contributed by atoms with Gasteiger partial charge in [0.15, 0.2) is 5.13 Å². The topological polar surface area (TPSA) is 51.2 Å². The SMILES string of the molecule is COc1ccc(C(=O)Nc2ncc(-c3cc(C)ccc3C)s2)cc1. The number of benzene rings is 2. The number of anilines is 1. The highest BCUT2D eigenvalue weighted by atomic mass is 32.1. The van der Waals surface area contributed by atoms with Crippen LogP contribution >= 0.6 is 11.3 Å². The number of amides is 1. The van der Waals surface area contributed by atoms with Crippen molar-refractivity contribution in [3.8, 4) is 16.2 Å². The molecule has 0 aliphatic heterocycles. The summed E-state index contributed by atoms with van der Waals surface area (Å²) in [6, 6.07) is 13.3. The highest BCUT2D eigenvalue weighted by Gasteiger charge is 2.11. The number of carbonyl (C=O) groups excluding carboxylic acids is 1. The summed E-state index contributed by atoms with van der Waals surface area (Å²) in [5.74, 6) is 0.539. The minimum absolute atomic E-state index is 0.181. The van der Waals surface area contributed by atoms with Gasteiger partial charge in [0.25, 0.3) is 5.91 Å². The molecule has 0 atom stereocenters. The van der Waals surface area contributed by atoms with Crippen molar-refractivity contribution in [3.63, 3.8) is 0 Å². The van der Waals surface area contributed by atoms with Crippen molar-refractivity contribution in [2.45, 2.75) is 13.8 Å². The summed E-state index contributed by atoms with van der Waals surface area (Å²) in [6.45, 7) is 4.14. The number of nitrogens with one attached hydrogen (secondary N) is 1. The first-order chi connectivity index (χ1) is 11.6. The lowest BCUT2D eigenvalue weighted by molar-refractivity contribution is 0.102. The van der Waals surface area contributed by atoms with E-state index >= 15 is 0 Å². The van der Waals surface area contributed by atoms with Crippen LogP contribution in [-0.4, -0.2) is 18.0 Å². The summed E-state index contributed by atoms with van der Waals surface area (Å²) in [7, 11) is 1.60. The third-order valence-corrected chi connectivity index (χ3v) is 4.68. The molecule has 1 N–H and O–H groups in total. The molecule has 1 amide bonds. The van der Waals surface area contributed by atoms with Gasteiger partial charge < -0.3 is 4.74 Å². The average Bonchev–Trinajstić information content (AvgIpc) is 3.05. The van der Waals surface area contributed by atoms with Gasteiger partial charge in [-0.25, -0.2) is 4.98 Å². The number of aromatic nitrogens is 1. The average molecular weight is 338 g/mol. The monoisotopic (exact) mass is 338 g/mol. The van der Waals surface area contributed by atoms with Crippen molar-refractivity contribution in [2.75, 3.05) is 12.4 Å². The summed E-state index contributed by atoms with van der Waals surface area (Å²) in [6.07, 6.45) is 1.80. The molecular weight excluding hydrogens is 320 g/mol. The molecule has 122 valence electrons. The van der Waals surface area contributed by atoms with Gasteiger partial charge in [0.1, 0.15) is 5.75 Å².